The van der Waals surface area contributed by atoms with E-state index < -0.39 is 0 Å². The average molecular weight is 414 g/mol. The molecule has 0 amide bonds. The van der Waals surface area contributed by atoms with Crippen LogP contribution in [0.2, 0.25) is 0 Å². The highest BCUT2D eigenvalue weighted by atomic mass is 127. The lowest BCUT2D eigenvalue weighted by Gasteiger charge is -2.16. The number of imidazole rings is 1. The van der Waals surface area contributed by atoms with Crippen LogP contribution in [0.5, 0.6) is 0 Å². The van der Waals surface area contributed by atoms with Crippen LogP contribution in [0, 0.1) is 0 Å². The summed E-state index contributed by atoms with van der Waals surface area (Å²) >= 11 is 0. The zero-order valence-electron chi connectivity index (χ0n) is 13.2. The molecule has 7 heteroatoms. The van der Waals surface area contributed by atoms with Gasteiger partial charge in [0.25, 0.3) is 0 Å². The number of nitrogens with one attached hydrogen (secondary N) is 2. The molecule has 120 valence electrons. The second-order valence-electron chi connectivity index (χ2n) is 4.87. The van der Waals surface area contributed by atoms with Gasteiger partial charge in [0.2, 0.25) is 0 Å². The molecule has 0 aliphatic heterocycles. The Hall–Kier alpha value is -1.64. The van der Waals surface area contributed by atoms with Crippen molar-refractivity contribution < 1.29 is 0 Å². The number of pyridine rings is 1. The summed E-state index contributed by atoms with van der Waals surface area (Å²) in [4.78, 5) is 12.6. The lowest BCUT2D eigenvalue weighted by atomic mass is 10.2. The number of hydrogen-bond donors (Lipinski definition) is 2. The van der Waals surface area contributed by atoms with Gasteiger partial charge < -0.3 is 10.6 Å². The summed E-state index contributed by atoms with van der Waals surface area (Å²) in [6, 6.07) is 4.42. The zero-order chi connectivity index (χ0) is 15.1. The summed E-state index contributed by atoms with van der Waals surface area (Å²) in [6.07, 6.45) is 8.26. The van der Waals surface area contributed by atoms with Crippen LogP contribution in [0.15, 0.2) is 42.0 Å². The first-order valence-corrected chi connectivity index (χ1v) is 7.13. The normalized spacial score (nSPS) is 12.4. The zero-order valence-corrected chi connectivity index (χ0v) is 15.5. The largest absolute Gasteiger partial charge is 0.354 e. The van der Waals surface area contributed by atoms with Gasteiger partial charge >= 0.3 is 0 Å². The van der Waals surface area contributed by atoms with E-state index in [2.05, 4.69) is 39.4 Å². The standard InChI is InChI=1S/C15H22N6.HI/c1-4-12(2)20-15(16-3)19-10-13-5-6-14(18-9-13)21-8-7-17-11-21;/h5-9,11-12H,4,10H2,1-3H3,(H2,16,19,20);1H. The van der Waals surface area contributed by atoms with Gasteiger partial charge in [-0.05, 0) is 25.0 Å². The predicted octanol–water partition coefficient (Wildman–Crippen LogP) is 2.35. The molecule has 0 radical (unpaired) electrons. The van der Waals surface area contributed by atoms with Crippen LogP contribution in [0.3, 0.4) is 0 Å². The molecular formula is C15H23IN6. The topological polar surface area (TPSA) is 67.1 Å². The van der Waals surface area contributed by atoms with Crippen molar-refractivity contribution in [2.75, 3.05) is 7.05 Å². The molecule has 0 bridgehead atoms. The minimum Gasteiger partial charge on any atom is -0.354 e. The Morgan fingerprint density at radius 2 is 2.23 bits per heavy atom. The lowest BCUT2D eigenvalue weighted by Crippen LogP contribution is -2.41. The van der Waals surface area contributed by atoms with Crippen LogP contribution in [0.4, 0.5) is 0 Å². The molecule has 1 atom stereocenters. The summed E-state index contributed by atoms with van der Waals surface area (Å²) in [5, 5.41) is 6.61. The molecule has 0 aliphatic carbocycles. The van der Waals surface area contributed by atoms with Gasteiger partial charge in [-0.1, -0.05) is 13.0 Å². The fourth-order valence-corrected chi connectivity index (χ4v) is 1.78. The summed E-state index contributed by atoms with van der Waals surface area (Å²) < 4.78 is 1.88. The minimum atomic E-state index is 0. The van der Waals surface area contributed by atoms with Gasteiger partial charge in [0.1, 0.15) is 12.1 Å². The van der Waals surface area contributed by atoms with Crippen LogP contribution >= 0.6 is 24.0 Å². The third kappa shape index (κ3) is 5.28. The molecule has 2 N–H and O–H groups in total. The van der Waals surface area contributed by atoms with E-state index >= 15 is 0 Å². The highest BCUT2D eigenvalue weighted by molar-refractivity contribution is 14.0. The minimum absolute atomic E-state index is 0. The van der Waals surface area contributed by atoms with E-state index in [1.807, 2.05) is 29.1 Å². The van der Waals surface area contributed by atoms with E-state index in [4.69, 9.17) is 0 Å². The number of guanidine groups is 1. The Morgan fingerprint density at radius 1 is 1.41 bits per heavy atom. The van der Waals surface area contributed by atoms with Crippen LogP contribution in [0.25, 0.3) is 5.82 Å². The molecule has 0 aliphatic rings. The molecule has 0 fully saturated rings. The molecule has 2 aromatic heterocycles. The fraction of sp³-hybridized carbons (Fsp3) is 0.400. The predicted molar refractivity (Wildman–Crippen MR) is 99.9 cm³/mol. The molecule has 0 aromatic carbocycles. The molecule has 6 nitrogen and oxygen atoms in total. The van der Waals surface area contributed by atoms with Gasteiger partial charge in [-0.3, -0.25) is 9.56 Å². The van der Waals surface area contributed by atoms with Crippen molar-refractivity contribution in [3.05, 3.63) is 42.6 Å². The molecule has 2 aromatic rings. The molecule has 1 unspecified atom stereocenters. The van der Waals surface area contributed by atoms with Gasteiger partial charge in [0.05, 0.1) is 0 Å². The monoisotopic (exact) mass is 414 g/mol. The van der Waals surface area contributed by atoms with Gasteiger partial charge in [-0.15, -0.1) is 24.0 Å². The molecule has 0 saturated carbocycles. The quantitative estimate of drug-likeness (QED) is 0.448. The highest BCUT2D eigenvalue weighted by Gasteiger charge is 2.03. The average Bonchev–Trinajstić information content (AvgIpc) is 3.06. The first kappa shape index (κ1) is 18.4. The Morgan fingerprint density at radius 3 is 2.77 bits per heavy atom. The van der Waals surface area contributed by atoms with Gasteiger partial charge in [-0.2, -0.15) is 0 Å². The van der Waals surface area contributed by atoms with Crippen molar-refractivity contribution in [1.82, 2.24) is 25.2 Å². The third-order valence-corrected chi connectivity index (χ3v) is 3.26. The first-order chi connectivity index (χ1) is 10.2. The summed E-state index contributed by atoms with van der Waals surface area (Å²) in [7, 11) is 1.78. The number of aromatic nitrogens is 3. The molecule has 0 saturated heterocycles. The van der Waals surface area contributed by atoms with E-state index in [0.717, 1.165) is 23.8 Å². The van der Waals surface area contributed by atoms with Crippen molar-refractivity contribution in [2.24, 2.45) is 4.99 Å². The molecule has 22 heavy (non-hydrogen) atoms. The van der Waals surface area contributed by atoms with Gasteiger partial charge in [-0.25, -0.2) is 9.97 Å². The van der Waals surface area contributed by atoms with Crippen molar-refractivity contribution in [3.63, 3.8) is 0 Å². The number of rotatable bonds is 5. The summed E-state index contributed by atoms with van der Waals surface area (Å²) in [6.45, 7) is 4.96. The van der Waals surface area contributed by atoms with E-state index in [9.17, 15) is 0 Å². The maximum Gasteiger partial charge on any atom is 0.191 e. The van der Waals surface area contributed by atoms with Gasteiger partial charge in [0, 0.05) is 38.2 Å². The van der Waals surface area contributed by atoms with Crippen molar-refractivity contribution in [1.29, 1.82) is 0 Å². The maximum atomic E-state index is 4.42. The number of aliphatic imine (C=N–C) groups is 1. The Balaban J connectivity index is 0.00000242. The van der Waals surface area contributed by atoms with Crippen LogP contribution in [-0.4, -0.2) is 33.6 Å². The summed E-state index contributed by atoms with van der Waals surface area (Å²) in [5.74, 6) is 1.67. The second kappa shape index (κ2) is 9.39. The van der Waals surface area contributed by atoms with Crippen molar-refractivity contribution in [2.45, 2.75) is 32.9 Å². The molecule has 2 rings (SSSR count). The Kier molecular flexibility index (Phi) is 7.86. The SMILES string of the molecule is CCC(C)NC(=NC)NCc1ccc(-n2ccnc2)nc1.I. The second-order valence-corrected chi connectivity index (χ2v) is 4.87. The summed E-state index contributed by atoms with van der Waals surface area (Å²) in [5.41, 5.74) is 1.10. The molecule has 0 spiro atoms. The highest BCUT2D eigenvalue weighted by Crippen LogP contribution is 2.05. The molecular weight excluding hydrogens is 391 g/mol. The van der Waals surface area contributed by atoms with Crippen LogP contribution in [-0.2, 0) is 6.54 Å². The number of halogens is 1. The third-order valence-electron chi connectivity index (χ3n) is 3.26. The fourth-order valence-electron chi connectivity index (χ4n) is 1.78. The Labute approximate surface area is 148 Å². The van der Waals surface area contributed by atoms with Crippen LogP contribution < -0.4 is 10.6 Å². The van der Waals surface area contributed by atoms with E-state index in [1.165, 1.54) is 0 Å². The smallest absolute Gasteiger partial charge is 0.191 e. The van der Waals surface area contributed by atoms with Crippen molar-refractivity contribution >= 4 is 29.9 Å². The molecule has 2 heterocycles. The first-order valence-electron chi connectivity index (χ1n) is 7.13. The lowest BCUT2D eigenvalue weighted by molar-refractivity contribution is 0.624. The maximum absolute atomic E-state index is 4.42. The van der Waals surface area contributed by atoms with Crippen molar-refractivity contribution in [3.8, 4) is 5.82 Å². The van der Waals surface area contributed by atoms with E-state index in [-0.39, 0.29) is 24.0 Å². The van der Waals surface area contributed by atoms with E-state index in [0.29, 0.717) is 12.6 Å². The Bertz CT molecular complexity index is 564. The van der Waals surface area contributed by atoms with Gasteiger partial charge in [0.15, 0.2) is 5.96 Å². The van der Waals surface area contributed by atoms with Crippen LogP contribution in [0.1, 0.15) is 25.8 Å². The number of hydrogen-bond acceptors (Lipinski definition) is 3. The van der Waals surface area contributed by atoms with E-state index in [1.54, 1.807) is 19.6 Å². The number of nitrogens with zero attached hydrogens (tertiary/aromatic N) is 4.